The molecule has 2 heterocycles. The van der Waals surface area contributed by atoms with Crippen LogP contribution >= 0.6 is 11.6 Å². The molecule has 1 aliphatic heterocycles. The van der Waals surface area contributed by atoms with Gasteiger partial charge in [0.15, 0.2) is 0 Å². The first-order valence-corrected chi connectivity index (χ1v) is 8.88. The van der Waals surface area contributed by atoms with Crippen LogP contribution < -0.4 is 0 Å². The maximum Gasteiger partial charge on any atom is 0.271 e. The monoisotopic (exact) mass is 370 g/mol. The third kappa shape index (κ3) is 2.88. The van der Waals surface area contributed by atoms with Crippen LogP contribution in [0.25, 0.3) is 22.0 Å². The van der Waals surface area contributed by atoms with Crippen molar-refractivity contribution in [3.8, 4) is 11.1 Å². The second-order valence-corrected chi connectivity index (χ2v) is 7.23. The van der Waals surface area contributed by atoms with Crippen molar-refractivity contribution in [3.05, 3.63) is 59.2 Å². The number of aromatic nitrogens is 1. The number of aliphatic hydroxyl groups is 2. The Morgan fingerprint density at radius 3 is 2.69 bits per heavy atom. The van der Waals surface area contributed by atoms with Crippen LogP contribution in [0, 0.1) is 0 Å². The van der Waals surface area contributed by atoms with Gasteiger partial charge in [-0.1, -0.05) is 41.9 Å². The number of hydrogen-bond acceptors (Lipinski definition) is 3. The molecular formula is C20H19ClN2O3. The maximum absolute atomic E-state index is 13.2. The molecule has 26 heavy (non-hydrogen) atoms. The molecule has 5 nitrogen and oxygen atoms in total. The van der Waals surface area contributed by atoms with Crippen LogP contribution in [0.5, 0.6) is 0 Å². The topological polar surface area (TPSA) is 76.6 Å². The summed E-state index contributed by atoms with van der Waals surface area (Å²) in [5.74, 6) is -0.194. The number of nitrogens with one attached hydrogen (secondary N) is 1. The average molecular weight is 371 g/mol. The summed E-state index contributed by atoms with van der Waals surface area (Å²) in [5, 5.41) is 21.1. The van der Waals surface area contributed by atoms with Crippen molar-refractivity contribution in [3.63, 3.8) is 0 Å². The van der Waals surface area contributed by atoms with Crippen molar-refractivity contribution in [2.45, 2.75) is 12.0 Å². The Bertz CT molecular complexity index is 970. The first-order chi connectivity index (χ1) is 12.5. The molecular weight excluding hydrogens is 352 g/mol. The number of aromatic amines is 1. The van der Waals surface area contributed by atoms with E-state index in [1.807, 2.05) is 42.5 Å². The van der Waals surface area contributed by atoms with Gasteiger partial charge < -0.3 is 20.1 Å². The zero-order valence-electron chi connectivity index (χ0n) is 14.1. The number of halogens is 1. The van der Waals surface area contributed by atoms with E-state index in [1.54, 1.807) is 11.0 Å². The third-order valence-electron chi connectivity index (χ3n) is 4.95. The number of amides is 1. The number of likely N-dealkylation sites (tertiary alicyclic amines) is 1. The molecule has 3 N–H and O–H groups in total. The standard InChI is InChI=1S/C20H19ClN2O3/c21-14-6-7-16-15(10-14)17(13-4-2-1-3-5-13)18(22-16)19(25)23-9-8-20(26,11-23)12-24/h1-7,10,22,24,26H,8-9,11-12H2/t20-/m0/s1. The number of fused-ring (bicyclic) bond motifs is 1. The number of carbonyl (C=O) groups excluding carboxylic acids is 1. The average Bonchev–Trinajstić information content (AvgIpc) is 3.23. The number of aliphatic hydroxyl groups excluding tert-OH is 1. The minimum Gasteiger partial charge on any atom is -0.393 e. The van der Waals surface area contributed by atoms with Crippen LogP contribution in [-0.4, -0.2) is 51.3 Å². The van der Waals surface area contributed by atoms with Crippen molar-refractivity contribution in [2.24, 2.45) is 0 Å². The van der Waals surface area contributed by atoms with E-state index in [-0.39, 0.29) is 19.1 Å². The SMILES string of the molecule is O=C(c1[nH]c2ccc(Cl)cc2c1-c1ccccc1)N1CC[C@@](O)(CO)C1. The van der Waals surface area contributed by atoms with Crippen LogP contribution in [0.4, 0.5) is 0 Å². The minimum absolute atomic E-state index is 0.118. The quantitative estimate of drug-likeness (QED) is 0.663. The lowest BCUT2D eigenvalue weighted by Gasteiger charge is -2.21. The Morgan fingerprint density at radius 1 is 1.23 bits per heavy atom. The van der Waals surface area contributed by atoms with Gasteiger partial charge >= 0.3 is 0 Å². The molecule has 1 atom stereocenters. The predicted molar refractivity (Wildman–Crippen MR) is 101 cm³/mol. The highest BCUT2D eigenvalue weighted by molar-refractivity contribution is 6.31. The molecule has 3 aromatic rings. The molecule has 6 heteroatoms. The van der Waals surface area contributed by atoms with E-state index in [0.29, 0.717) is 23.7 Å². The Labute approximate surface area is 155 Å². The number of nitrogens with zero attached hydrogens (tertiary/aromatic N) is 1. The fraction of sp³-hybridized carbons (Fsp3) is 0.250. The number of hydrogen-bond donors (Lipinski definition) is 3. The molecule has 1 aliphatic rings. The highest BCUT2D eigenvalue weighted by atomic mass is 35.5. The lowest BCUT2D eigenvalue weighted by molar-refractivity contribution is -0.00458. The van der Waals surface area contributed by atoms with Crippen molar-refractivity contribution in [2.75, 3.05) is 19.7 Å². The Hall–Kier alpha value is -2.34. The van der Waals surface area contributed by atoms with E-state index in [0.717, 1.165) is 22.0 Å². The molecule has 0 aliphatic carbocycles. The lowest BCUT2D eigenvalue weighted by atomic mass is 10.0. The van der Waals surface area contributed by atoms with Crippen molar-refractivity contribution in [1.82, 2.24) is 9.88 Å². The number of benzene rings is 2. The van der Waals surface area contributed by atoms with Gasteiger partial charge in [0.25, 0.3) is 5.91 Å². The molecule has 2 aromatic carbocycles. The second-order valence-electron chi connectivity index (χ2n) is 6.79. The van der Waals surface area contributed by atoms with E-state index in [4.69, 9.17) is 11.6 Å². The van der Waals surface area contributed by atoms with Gasteiger partial charge in [0.05, 0.1) is 13.2 Å². The summed E-state index contributed by atoms with van der Waals surface area (Å²) in [7, 11) is 0. The zero-order valence-corrected chi connectivity index (χ0v) is 14.8. The smallest absolute Gasteiger partial charge is 0.271 e. The minimum atomic E-state index is -1.22. The first-order valence-electron chi connectivity index (χ1n) is 8.50. The van der Waals surface area contributed by atoms with Gasteiger partial charge in [-0.25, -0.2) is 0 Å². The van der Waals surface area contributed by atoms with Crippen LogP contribution in [-0.2, 0) is 0 Å². The molecule has 4 rings (SSSR count). The Balaban J connectivity index is 1.84. The summed E-state index contributed by atoms with van der Waals surface area (Å²) in [5.41, 5.74) is 1.79. The van der Waals surface area contributed by atoms with Crippen molar-refractivity contribution >= 4 is 28.4 Å². The maximum atomic E-state index is 13.2. The second kappa shape index (κ2) is 6.43. The van der Waals surface area contributed by atoms with E-state index < -0.39 is 5.60 Å². The van der Waals surface area contributed by atoms with E-state index in [1.165, 1.54) is 0 Å². The van der Waals surface area contributed by atoms with Crippen molar-refractivity contribution in [1.29, 1.82) is 0 Å². The summed E-state index contributed by atoms with van der Waals surface area (Å²) in [6.45, 7) is 0.164. The highest BCUT2D eigenvalue weighted by Crippen LogP contribution is 2.35. The van der Waals surface area contributed by atoms with Gasteiger partial charge in [0, 0.05) is 28.0 Å². The molecule has 0 saturated carbocycles. The van der Waals surface area contributed by atoms with Crippen LogP contribution in [0.3, 0.4) is 0 Å². The van der Waals surface area contributed by atoms with E-state index in [9.17, 15) is 15.0 Å². The number of carbonyl (C=O) groups is 1. The lowest BCUT2D eigenvalue weighted by Crippen LogP contribution is -2.39. The summed E-state index contributed by atoms with van der Waals surface area (Å²) in [4.78, 5) is 18.0. The molecule has 1 fully saturated rings. The summed E-state index contributed by atoms with van der Waals surface area (Å²) < 4.78 is 0. The van der Waals surface area contributed by atoms with E-state index >= 15 is 0 Å². The predicted octanol–water partition coefficient (Wildman–Crippen LogP) is 3.06. The largest absolute Gasteiger partial charge is 0.393 e. The van der Waals surface area contributed by atoms with Gasteiger partial charge in [-0.15, -0.1) is 0 Å². The van der Waals surface area contributed by atoms with Gasteiger partial charge in [-0.05, 0) is 30.2 Å². The van der Waals surface area contributed by atoms with Gasteiger partial charge in [-0.3, -0.25) is 4.79 Å². The molecule has 1 amide bonds. The molecule has 0 bridgehead atoms. The molecule has 0 unspecified atom stereocenters. The first kappa shape index (κ1) is 17.1. The Morgan fingerprint density at radius 2 is 2.00 bits per heavy atom. The number of β-amino-alcohol motifs (C(OH)–C–C–N with tert-alkyl or cyclic N) is 1. The number of rotatable bonds is 3. The zero-order chi connectivity index (χ0) is 18.3. The van der Waals surface area contributed by atoms with Gasteiger partial charge in [0.2, 0.25) is 0 Å². The number of H-pyrrole nitrogens is 1. The Kier molecular flexibility index (Phi) is 4.23. The molecule has 134 valence electrons. The third-order valence-corrected chi connectivity index (χ3v) is 5.19. The highest BCUT2D eigenvalue weighted by Gasteiger charge is 2.39. The normalized spacial score (nSPS) is 20.0. The van der Waals surface area contributed by atoms with Gasteiger partial charge in [0.1, 0.15) is 11.3 Å². The van der Waals surface area contributed by atoms with Crippen molar-refractivity contribution < 1.29 is 15.0 Å². The van der Waals surface area contributed by atoms with Crippen LogP contribution in [0.2, 0.25) is 5.02 Å². The van der Waals surface area contributed by atoms with Gasteiger partial charge in [-0.2, -0.15) is 0 Å². The molecule has 0 radical (unpaired) electrons. The summed E-state index contributed by atoms with van der Waals surface area (Å²) in [6, 6.07) is 15.2. The van der Waals surface area contributed by atoms with Crippen LogP contribution in [0.1, 0.15) is 16.9 Å². The summed E-state index contributed by atoms with van der Waals surface area (Å²) >= 11 is 6.18. The molecule has 1 saturated heterocycles. The molecule has 0 spiro atoms. The fourth-order valence-corrected chi connectivity index (χ4v) is 3.72. The summed E-state index contributed by atoms with van der Waals surface area (Å²) in [6.07, 6.45) is 0.363. The molecule has 1 aromatic heterocycles. The van der Waals surface area contributed by atoms with E-state index in [2.05, 4.69) is 4.98 Å². The fourth-order valence-electron chi connectivity index (χ4n) is 3.55. The van der Waals surface area contributed by atoms with Crippen LogP contribution in [0.15, 0.2) is 48.5 Å².